The highest BCUT2D eigenvalue weighted by Crippen LogP contribution is 2.50. The Balaban J connectivity index is 1.10. The second-order valence-electron chi connectivity index (χ2n) is 15.6. The van der Waals surface area contributed by atoms with Crippen molar-refractivity contribution >= 4 is 110 Å². The third kappa shape index (κ3) is 4.47. The van der Waals surface area contributed by atoms with E-state index in [0.29, 0.717) is 0 Å². The van der Waals surface area contributed by atoms with Crippen molar-refractivity contribution in [1.29, 1.82) is 0 Å². The minimum Gasteiger partial charge on any atom is -0.310 e. The zero-order valence-corrected chi connectivity index (χ0v) is 32.0. The molecule has 0 atom stereocenters. The highest BCUT2D eigenvalue weighted by atomic mass is 19.1. The minimum absolute atomic E-state index is 0.265. The van der Waals surface area contributed by atoms with E-state index < -0.39 is 0 Å². The summed E-state index contributed by atoms with van der Waals surface area (Å²) in [7, 11) is 0. The Morgan fingerprint density at radius 1 is 0.300 bits per heavy atom. The van der Waals surface area contributed by atoms with Gasteiger partial charge in [0.1, 0.15) is 11.6 Å². The monoisotopic (exact) mass is 774 g/mol. The quantitative estimate of drug-likeness (QED) is 0.167. The van der Waals surface area contributed by atoms with E-state index in [1.165, 1.54) is 50.8 Å². The number of hydrogen-bond donors (Lipinski definition) is 0. The fraction of sp³-hybridized carbons (Fsp3) is 0. The van der Waals surface area contributed by atoms with Gasteiger partial charge < -0.3 is 18.6 Å². The normalized spacial score (nSPS) is 12.2. The molecule has 13 rings (SSSR count). The first-order valence-electron chi connectivity index (χ1n) is 20.2. The minimum atomic E-state index is -0.278. The third-order valence-corrected chi connectivity index (χ3v) is 12.4. The molecule has 9 aromatic carbocycles. The molecule has 0 saturated heterocycles. The van der Waals surface area contributed by atoms with Crippen molar-refractivity contribution in [3.8, 4) is 0 Å². The van der Waals surface area contributed by atoms with Crippen LogP contribution in [0, 0.1) is 11.6 Å². The summed E-state index contributed by atoms with van der Waals surface area (Å²) in [5, 5.41) is 9.30. The highest BCUT2D eigenvalue weighted by molar-refractivity contribution is 6.31. The first kappa shape index (κ1) is 33.1. The van der Waals surface area contributed by atoms with Crippen LogP contribution < -0.4 is 9.80 Å². The maximum atomic E-state index is 14.9. The van der Waals surface area contributed by atoms with E-state index in [2.05, 4.69) is 128 Å². The fourth-order valence-corrected chi connectivity index (χ4v) is 10.1. The SMILES string of the molecule is Fc1ccc(N(c2ccccc2)c2cccc3c2c2cccc4c5cc6c(cc5n3c42)c2cccc3c4c(N(c5ccccc5)c5cccc(F)c5)cccc4n6c23)cc1. The number of aromatic nitrogens is 2. The molecule has 60 heavy (non-hydrogen) atoms. The van der Waals surface area contributed by atoms with Gasteiger partial charge in [0.25, 0.3) is 0 Å². The second kappa shape index (κ2) is 12.3. The largest absolute Gasteiger partial charge is 0.310 e. The van der Waals surface area contributed by atoms with E-state index in [1.54, 1.807) is 12.1 Å². The molecule has 0 aliphatic carbocycles. The zero-order valence-electron chi connectivity index (χ0n) is 32.0. The highest BCUT2D eigenvalue weighted by Gasteiger charge is 2.26. The topological polar surface area (TPSA) is 15.3 Å². The summed E-state index contributed by atoms with van der Waals surface area (Å²) in [6.07, 6.45) is 0. The van der Waals surface area contributed by atoms with Gasteiger partial charge in [0.05, 0.1) is 44.5 Å². The van der Waals surface area contributed by atoms with Crippen LogP contribution in [0.25, 0.3) is 76.2 Å². The summed E-state index contributed by atoms with van der Waals surface area (Å²) in [5.41, 5.74) is 12.5. The summed E-state index contributed by atoms with van der Waals surface area (Å²) >= 11 is 0. The van der Waals surface area contributed by atoms with Gasteiger partial charge in [0.15, 0.2) is 0 Å². The predicted octanol–water partition coefficient (Wildman–Crippen LogP) is 15.2. The lowest BCUT2D eigenvalue weighted by Gasteiger charge is -2.26. The van der Waals surface area contributed by atoms with Crippen LogP contribution in [0.5, 0.6) is 0 Å². The van der Waals surface area contributed by atoms with E-state index in [-0.39, 0.29) is 11.6 Å². The molecule has 282 valence electrons. The molecule has 0 N–H and O–H groups in total. The first-order chi connectivity index (χ1) is 29.6. The summed E-state index contributed by atoms with van der Waals surface area (Å²) in [6, 6.07) is 65.0. The Morgan fingerprint density at radius 3 is 1.25 bits per heavy atom. The summed E-state index contributed by atoms with van der Waals surface area (Å²) < 4.78 is 34.0. The van der Waals surface area contributed by atoms with Crippen molar-refractivity contribution in [1.82, 2.24) is 8.80 Å². The lowest BCUT2D eigenvalue weighted by Crippen LogP contribution is -2.10. The maximum absolute atomic E-state index is 14.9. The number of fused-ring (bicyclic) bond motifs is 12. The smallest absolute Gasteiger partial charge is 0.125 e. The molecule has 0 aliphatic rings. The van der Waals surface area contributed by atoms with E-state index in [0.717, 1.165) is 77.7 Å². The molecule has 0 radical (unpaired) electrons. The summed E-state index contributed by atoms with van der Waals surface area (Å²) in [6.45, 7) is 0. The Morgan fingerprint density at radius 2 is 0.733 bits per heavy atom. The van der Waals surface area contributed by atoms with Crippen LogP contribution in [0.4, 0.5) is 42.9 Å². The van der Waals surface area contributed by atoms with Crippen LogP contribution in [-0.4, -0.2) is 8.80 Å². The lowest BCUT2D eigenvalue weighted by molar-refractivity contribution is 0.627. The molecule has 0 aliphatic heterocycles. The van der Waals surface area contributed by atoms with Gasteiger partial charge in [-0.2, -0.15) is 0 Å². The van der Waals surface area contributed by atoms with Gasteiger partial charge in [0.2, 0.25) is 0 Å². The van der Waals surface area contributed by atoms with E-state index in [9.17, 15) is 8.78 Å². The first-order valence-corrected chi connectivity index (χ1v) is 20.2. The number of hydrogen-bond acceptors (Lipinski definition) is 2. The molecule has 4 heterocycles. The number of nitrogens with zero attached hydrogens (tertiary/aromatic N) is 4. The van der Waals surface area contributed by atoms with Crippen LogP contribution in [0.2, 0.25) is 0 Å². The van der Waals surface area contributed by atoms with Crippen LogP contribution >= 0.6 is 0 Å². The molecule has 6 heteroatoms. The molecule has 0 saturated carbocycles. The summed E-state index contributed by atoms with van der Waals surface area (Å²) in [4.78, 5) is 4.39. The van der Waals surface area contributed by atoms with E-state index in [1.807, 2.05) is 54.6 Å². The van der Waals surface area contributed by atoms with Gasteiger partial charge in [-0.3, -0.25) is 0 Å². The Bertz CT molecular complexity index is 3800. The molecule has 0 bridgehead atoms. The maximum Gasteiger partial charge on any atom is 0.125 e. The molecule has 0 amide bonds. The average Bonchev–Trinajstić information content (AvgIpc) is 4.02. The molecule has 4 aromatic heterocycles. The number of benzene rings is 9. The van der Waals surface area contributed by atoms with Crippen molar-refractivity contribution in [3.63, 3.8) is 0 Å². The standard InChI is InChI=1S/C54H32F2N4/c55-33-26-28-37(29-27-33)57(35-13-3-1-4-14-35)45-22-10-24-47-51(45)41-20-8-18-39-43-32-50-44(31-49(43)59(47)53(39)41)40-19-9-21-42-52-46(23-11-25-48(52)60(50)54(40)42)58(36-15-5-2-6-16-36)38-17-7-12-34(56)30-38/h1-32H. The average molecular weight is 775 g/mol. The molecule has 0 unspecified atom stereocenters. The van der Waals surface area contributed by atoms with Gasteiger partial charge in [-0.25, -0.2) is 8.78 Å². The number of halogens is 2. The molecule has 0 fully saturated rings. The lowest BCUT2D eigenvalue weighted by atomic mass is 10.0. The van der Waals surface area contributed by atoms with Gasteiger partial charge in [-0.05, 0) is 103 Å². The van der Waals surface area contributed by atoms with Crippen molar-refractivity contribution in [2.75, 3.05) is 9.80 Å². The Hall–Kier alpha value is -7.96. The van der Waals surface area contributed by atoms with Crippen molar-refractivity contribution < 1.29 is 8.78 Å². The number of anilines is 6. The molecule has 4 nitrogen and oxygen atoms in total. The number of para-hydroxylation sites is 4. The van der Waals surface area contributed by atoms with Gasteiger partial charge in [-0.15, -0.1) is 0 Å². The third-order valence-electron chi connectivity index (χ3n) is 12.4. The van der Waals surface area contributed by atoms with Crippen LogP contribution in [0.15, 0.2) is 194 Å². The summed E-state index contributed by atoms with van der Waals surface area (Å²) in [5.74, 6) is -0.543. The van der Waals surface area contributed by atoms with Crippen LogP contribution in [0.1, 0.15) is 0 Å². The zero-order chi connectivity index (χ0) is 39.6. The molecular formula is C54H32F2N4. The molecular weight excluding hydrogens is 743 g/mol. The Labute approximate surface area is 342 Å². The fourth-order valence-electron chi connectivity index (χ4n) is 10.1. The van der Waals surface area contributed by atoms with Crippen molar-refractivity contribution in [2.24, 2.45) is 0 Å². The molecule has 13 aromatic rings. The van der Waals surface area contributed by atoms with Crippen molar-refractivity contribution in [2.45, 2.75) is 0 Å². The second-order valence-corrected chi connectivity index (χ2v) is 15.6. The van der Waals surface area contributed by atoms with Gasteiger partial charge in [-0.1, -0.05) is 91.0 Å². The molecule has 0 spiro atoms. The predicted molar refractivity (Wildman–Crippen MR) is 245 cm³/mol. The van der Waals surface area contributed by atoms with Crippen LogP contribution in [-0.2, 0) is 0 Å². The Kier molecular flexibility index (Phi) is 6.76. The van der Waals surface area contributed by atoms with Crippen LogP contribution in [0.3, 0.4) is 0 Å². The van der Waals surface area contributed by atoms with Gasteiger partial charge >= 0.3 is 0 Å². The van der Waals surface area contributed by atoms with Gasteiger partial charge in [0, 0.05) is 65.8 Å². The van der Waals surface area contributed by atoms with E-state index >= 15 is 0 Å². The number of rotatable bonds is 6. The van der Waals surface area contributed by atoms with Crippen molar-refractivity contribution in [3.05, 3.63) is 206 Å². The van der Waals surface area contributed by atoms with E-state index in [4.69, 9.17) is 0 Å².